The van der Waals surface area contributed by atoms with E-state index in [1.807, 2.05) is 36.5 Å². The fourth-order valence-electron chi connectivity index (χ4n) is 4.25. The van der Waals surface area contributed by atoms with E-state index in [1.54, 1.807) is 0 Å². The highest BCUT2D eigenvalue weighted by Gasteiger charge is 2.14. The molecule has 0 radical (unpaired) electrons. The van der Waals surface area contributed by atoms with E-state index >= 15 is 0 Å². The molecule has 5 N–H and O–H groups in total. The van der Waals surface area contributed by atoms with Crippen LogP contribution in [0.1, 0.15) is 16.8 Å². The van der Waals surface area contributed by atoms with Crippen molar-refractivity contribution in [2.45, 2.75) is 19.4 Å². The Morgan fingerprint density at radius 1 is 0.727 bits per heavy atom. The van der Waals surface area contributed by atoms with Crippen LogP contribution in [0.2, 0.25) is 0 Å². The molecular weight excluding hydrogens is 404 g/mol. The number of pyridine rings is 2. The molecule has 0 saturated carbocycles. The zero-order valence-corrected chi connectivity index (χ0v) is 18.5. The Hall–Kier alpha value is -4.02. The Kier molecular flexibility index (Phi) is 5.83. The molecule has 0 saturated heterocycles. The molecule has 0 aliphatic rings. The van der Waals surface area contributed by atoms with E-state index in [2.05, 4.69) is 66.4 Å². The van der Waals surface area contributed by atoms with Crippen LogP contribution < -0.4 is 11.5 Å². The van der Waals surface area contributed by atoms with Crippen molar-refractivity contribution in [3.63, 3.8) is 0 Å². The maximum absolute atomic E-state index is 5.96. The van der Waals surface area contributed by atoms with Crippen molar-refractivity contribution < 1.29 is 5.73 Å². The first-order chi connectivity index (χ1) is 16.2. The quantitative estimate of drug-likeness (QED) is 0.368. The number of nitrogens with zero attached hydrogens (tertiary/aromatic N) is 2. The average molecular weight is 432 g/mol. The second-order valence-corrected chi connectivity index (χ2v) is 8.27. The summed E-state index contributed by atoms with van der Waals surface area (Å²) < 4.78 is 0. The number of benzene rings is 3. The summed E-state index contributed by atoms with van der Waals surface area (Å²) in [5.74, 6) is 0. The topological polar surface area (TPSA) is 79.4 Å². The molecule has 0 spiro atoms. The smallest absolute Gasteiger partial charge is 0.0997 e. The van der Waals surface area contributed by atoms with Crippen molar-refractivity contribution in [3.05, 3.63) is 114 Å². The van der Waals surface area contributed by atoms with Crippen LogP contribution in [0, 0.1) is 0 Å². The highest BCUT2D eigenvalue weighted by atomic mass is 14.7. The third-order valence-corrected chi connectivity index (χ3v) is 6.03. The number of aromatic nitrogens is 2. The number of hydrogen-bond donors (Lipinski definition) is 2. The molecule has 0 amide bonds. The number of aryl methyl sites for hydroxylation is 2. The zero-order valence-electron chi connectivity index (χ0n) is 18.5. The molecule has 0 fully saturated rings. The van der Waals surface area contributed by atoms with Crippen LogP contribution in [0.4, 0.5) is 5.69 Å². The van der Waals surface area contributed by atoms with Gasteiger partial charge in [0.25, 0.3) is 0 Å². The molecule has 33 heavy (non-hydrogen) atoms. The van der Waals surface area contributed by atoms with Gasteiger partial charge in [-0.05, 0) is 48.2 Å². The van der Waals surface area contributed by atoms with Crippen molar-refractivity contribution in [1.82, 2.24) is 9.97 Å². The molecule has 5 rings (SSSR count). The lowest BCUT2D eigenvalue weighted by atomic mass is 9.96. The molecule has 3 aromatic carbocycles. The van der Waals surface area contributed by atoms with E-state index in [0.29, 0.717) is 0 Å². The minimum Gasteiger partial charge on any atom is -0.399 e. The third-order valence-electron chi connectivity index (χ3n) is 6.03. The normalized spacial score (nSPS) is 11.1. The Balaban J connectivity index is 1.62. The SMILES string of the molecule is Nc1cccc(CCc2nccc3nc(-c4ccc(C[NH3+])cc4)c(-c4ccccc4)cc23)c1. The fourth-order valence-corrected chi connectivity index (χ4v) is 4.25. The van der Waals surface area contributed by atoms with Crippen molar-refractivity contribution in [2.75, 3.05) is 5.73 Å². The summed E-state index contributed by atoms with van der Waals surface area (Å²) in [7, 11) is 0. The summed E-state index contributed by atoms with van der Waals surface area (Å²) in [6, 6.07) is 31.3. The molecule has 0 unspecified atom stereocenters. The first-order valence-corrected chi connectivity index (χ1v) is 11.3. The summed E-state index contributed by atoms with van der Waals surface area (Å²) in [5.41, 5.74) is 19.5. The predicted octanol–water partition coefficient (Wildman–Crippen LogP) is 5.07. The van der Waals surface area contributed by atoms with Crippen LogP contribution in [0.25, 0.3) is 33.3 Å². The Morgan fingerprint density at radius 3 is 2.30 bits per heavy atom. The summed E-state index contributed by atoms with van der Waals surface area (Å²) >= 11 is 0. The van der Waals surface area contributed by atoms with Gasteiger partial charge in [0, 0.05) is 34.0 Å². The molecule has 4 nitrogen and oxygen atoms in total. The number of quaternary nitrogens is 1. The molecule has 5 aromatic rings. The van der Waals surface area contributed by atoms with E-state index in [0.717, 1.165) is 64.1 Å². The highest BCUT2D eigenvalue weighted by molar-refractivity contribution is 5.92. The number of anilines is 1. The first kappa shape index (κ1) is 20.9. The van der Waals surface area contributed by atoms with Crippen LogP contribution in [0.15, 0.2) is 97.2 Å². The Labute approximate surface area is 193 Å². The third kappa shape index (κ3) is 4.47. The van der Waals surface area contributed by atoms with Gasteiger partial charge in [0.05, 0.1) is 23.4 Å². The summed E-state index contributed by atoms with van der Waals surface area (Å²) in [6.07, 6.45) is 3.57. The molecule has 4 heteroatoms. The van der Waals surface area contributed by atoms with Crippen molar-refractivity contribution in [3.8, 4) is 22.4 Å². The Bertz CT molecular complexity index is 1390. The van der Waals surface area contributed by atoms with Crippen LogP contribution in [0.5, 0.6) is 0 Å². The van der Waals surface area contributed by atoms with Gasteiger partial charge in [0.15, 0.2) is 0 Å². The second kappa shape index (κ2) is 9.23. The number of nitrogen functional groups attached to an aromatic ring is 1. The van der Waals surface area contributed by atoms with Gasteiger partial charge in [-0.2, -0.15) is 0 Å². The molecule has 0 atom stereocenters. The standard InChI is InChI=1S/C29H26N4/c30-19-21-9-12-23(13-10-21)29-25(22-6-2-1-3-7-22)18-26-27(32-16-15-28(26)33-29)14-11-20-5-4-8-24(31)17-20/h1-10,12-13,15-18H,11,14,19,30-31H2/p+1. The predicted molar refractivity (Wildman–Crippen MR) is 135 cm³/mol. The van der Waals surface area contributed by atoms with Crippen LogP contribution in [-0.4, -0.2) is 9.97 Å². The van der Waals surface area contributed by atoms with Crippen molar-refractivity contribution >= 4 is 16.6 Å². The van der Waals surface area contributed by atoms with E-state index < -0.39 is 0 Å². The molecule has 2 aromatic heterocycles. The Morgan fingerprint density at radius 2 is 1.55 bits per heavy atom. The van der Waals surface area contributed by atoms with Crippen LogP contribution >= 0.6 is 0 Å². The fraction of sp³-hybridized carbons (Fsp3) is 0.103. The number of hydrogen-bond acceptors (Lipinski definition) is 3. The van der Waals surface area contributed by atoms with E-state index in [9.17, 15) is 0 Å². The summed E-state index contributed by atoms with van der Waals surface area (Å²) in [5, 5.41) is 1.10. The molecule has 2 heterocycles. The highest BCUT2D eigenvalue weighted by Crippen LogP contribution is 2.34. The maximum atomic E-state index is 5.96. The number of rotatable bonds is 6. The lowest BCUT2D eigenvalue weighted by Gasteiger charge is -2.14. The van der Waals surface area contributed by atoms with Crippen molar-refractivity contribution in [1.29, 1.82) is 0 Å². The molecular formula is C29H27N4+. The average Bonchev–Trinajstić information content (AvgIpc) is 2.87. The van der Waals surface area contributed by atoms with Gasteiger partial charge in [0.1, 0.15) is 0 Å². The zero-order chi connectivity index (χ0) is 22.6. The van der Waals surface area contributed by atoms with Crippen molar-refractivity contribution in [2.24, 2.45) is 0 Å². The molecule has 0 aliphatic heterocycles. The lowest BCUT2D eigenvalue weighted by Crippen LogP contribution is -2.47. The van der Waals surface area contributed by atoms with Gasteiger partial charge in [-0.1, -0.05) is 66.7 Å². The second-order valence-electron chi connectivity index (χ2n) is 8.27. The van der Waals surface area contributed by atoms with E-state index in [-0.39, 0.29) is 0 Å². The minimum atomic E-state index is 0.777. The maximum Gasteiger partial charge on any atom is 0.0997 e. The summed E-state index contributed by atoms with van der Waals surface area (Å²) in [6.45, 7) is 0.777. The van der Waals surface area contributed by atoms with E-state index in [1.165, 1.54) is 11.1 Å². The van der Waals surface area contributed by atoms with Crippen LogP contribution in [-0.2, 0) is 19.4 Å². The van der Waals surface area contributed by atoms with Gasteiger partial charge < -0.3 is 11.5 Å². The lowest BCUT2D eigenvalue weighted by molar-refractivity contribution is -0.386. The van der Waals surface area contributed by atoms with Gasteiger partial charge in [0.2, 0.25) is 0 Å². The van der Waals surface area contributed by atoms with E-state index in [4.69, 9.17) is 15.7 Å². The van der Waals surface area contributed by atoms with Gasteiger partial charge in [-0.3, -0.25) is 4.98 Å². The largest absolute Gasteiger partial charge is 0.399 e. The number of fused-ring (bicyclic) bond motifs is 1. The minimum absolute atomic E-state index is 0.777. The van der Waals surface area contributed by atoms with Crippen LogP contribution in [0.3, 0.4) is 0 Å². The molecule has 0 aliphatic carbocycles. The molecule has 0 bridgehead atoms. The number of nitrogens with two attached hydrogens (primary N) is 1. The van der Waals surface area contributed by atoms with Gasteiger partial charge in [-0.25, -0.2) is 4.98 Å². The monoisotopic (exact) mass is 431 g/mol. The first-order valence-electron chi connectivity index (χ1n) is 11.3. The summed E-state index contributed by atoms with van der Waals surface area (Å²) in [4.78, 5) is 9.86. The van der Waals surface area contributed by atoms with Gasteiger partial charge >= 0.3 is 0 Å². The molecule has 162 valence electrons. The van der Waals surface area contributed by atoms with Gasteiger partial charge in [-0.15, -0.1) is 0 Å².